The first-order valence-electron chi connectivity index (χ1n) is 5.35. The molecule has 0 heterocycles. The summed E-state index contributed by atoms with van der Waals surface area (Å²) < 4.78 is 19.5. The first kappa shape index (κ1) is 15.5. The van der Waals surface area contributed by atoms with Gasteiger partial charge in [0.2, 0.25) is 5.91 Å². The maximum absolute atomic E-state index is 11.9. The third-order valence-corrected chi connectivity index (χ3v) is 3.13. The van der Waals surface area contributed by atoms with Crippen LogP contribution in [0, 0.1) is 5.92 Å². The summed E-state index contributed by atoms with van der Waals surface area (Å²) in [5.74, 6) is -0.369. The van der Waals surface area contributed by atoms with Gasteiger partial charge in [0.05, 0.1) is 11.7 Å². The number of hydrogen-bond acceptors (Lipinski definition) is 3. The van der Waals surface area contributed by atoms with Gasteiger partial charge in [-0.15, -0.1) is 0 Å². The van der Waals surface area contributed by atoms with E-state index in [0.29, 0.717) is 13.0 Å². The van der Waals surface area contributed by atoms with Crippen molar-refractivity contribution in [2.45, 2.75) is 13.3 Å². The summed E-state index contributed by atoms with van der Waals surface area (Å²) in [7, 11) is 5.62. The molecule has 0 aromatic carbocycles. The molecular formula is C10H22N2O3S. The highest BCUT2D eigenvalue weighted by Crippen LogP contribution is 2.08. The zero-order chi connectivity index (χ0) is 12.7. The molecule has 0 rings (SSSR count). The molecule has 0 fully saturated rings. The Morgan fingerprint density at radius 2 is 1.88 bits per heavy atom. The topological polar surface area (TPSA) is 60.9 Å². The lowest BCUT2D eigenvalue weighted by atomic mass is 10.1. The lowest BCUT2D eigenvalue weighted by Gasteiger charge is -2.23. The van der Waals surface area contributed by atoms with Gasteiger partial charge in [-0.25, -0.2) is 4.21 Å². The van der Waals surface area contributed by atoms with Crippen LogP contribution in [0.3, 0.4) is 0 Å². The molecule has 16 heavy (non-hydrogen) atoms. The molecule has 1 unspecified atom stereocenters. The van der Waals surface area contributed by atoms with Gasteiger partial charge in [0.15, 0.2) is 11.1 Å². The number of likely N-dealkylation sites (N-methyl/N-ethyl adjacent to an activating group) is 2. The van der Waals surface area contributed by atoms with Crippen LogP contribution in [0.25, 0.3) is 0 Å². The molecule has 0 aliphatic rings. The summed E-state index contributed by atoms with van der Waals surface area (Å²) >= 11 is -1.90. The van der Waals surface area contributed by atoms with Gasteiger partial charge in [0, 0.05) is 20.1 Å². The van der Waals surface area contributed by atoms with Gasteiger partial charge in [-0.2, -0.15) is 0 Å². The molecule has 96 valence electrons. The first-order chi connectivity index (χ1) is 7.38. The number of amides is 1. The predicted molar refractivity (Wildman–Crippen MR) is 65.6 cm³/mol. The van der Waals surface area contributed by atoms with Gasteiger partial charge in [-0.05, 0) is 20.5 Å². The Kier molecular flexibility index (Phi) is 7.53. The lowest BCUT2D eigenvalue weighted by Crippen LogP contribution is -2.38. The highest BCUT2D eigenvalue weighted by atomic mass is 32.2. The van der Waals surface area contributed by atoms with E-state index in [2.05, 4.69) is 0 Å². The molecule has 0 spiro atoms. The molecule has 0 aromatic rings. The zero-order valence-electron chi connectivity index (χ0n) is 10.5. The minimum Gasteiger partial charge on any atom is -0.344 e. The van der Waals surface area contributed by atoms with Crippen LogP contribution in [0.1, 0.15) is 13.3 Å². The second-order valence-corrected chi connectivity index (χ2v) is 5.13. The fourth-order valence-corrected chi connectivity index (χ4v) is 2.03. The van der Waals surface area contributed by atoms with Crippen LogP contribution in [-0.4, -0.2) is 64.5 Å². The molecule has 6 heteroatoms. The summed E-state index contributed by atoms with van der Waals surface area (Å²) in [6, 6.07) is 0. The maximum atomic E-state index is 11.9. The van der Waals surface area contributed by atoms with E-state index in [1.54, 1.807) is 11.9 Å². The van der Waals surface area contributed by atoms with Crippen molar-refractivity contribution in [1.29, 1.82) is 0 Å². The lowest BCUT2D eigenvalue weighted by molar-refractivity contribution is -0.133. The molecule has 2 atom stereocenters. The van der Waals surface area contributed by atoms with Crippen LogP contribution >= 0.6 is 0 Å². The van der Waals surface area contributed by atoms with Crippen LogP contribution in [0.5, 0.6) is 0 Å². The summed E-state index contributed by atoms with van der Waals surface area (Å²) in [5, 5.41) is 0. The Bertz CT molecular complexity index is 246. The third kappa shape index (κ3) is 6.19. The molecular weight excluding hydrogens is 228 g/mol. The number of hydrogen-bond donors (Lipinski definition) is 1. The predicted octanol–water partition coefficient (Wildman–Crippen LogP) is 0.254. The van der Waals surface area contributed by atoms with Gasteiger partial charge in [-0.1, -0.05) is 6.92 Å². The van der Waals surface area contributed by atoms with Crippen LogP contribution < -0.4 is 0 Å². The Labute approximate surface area is 100 Å². The van der Waals surface area contributed by atoms with E-state index in [4.69, 9.17) is 4.55 Å². The Hall–Kier alpha value is -0.460. The van der Waals surface area contributed by atoms with E-state index in [1.165, 1.54) is 0 Å². The largest absolute Gasteiger partial charge is 0.344 e. The number of carbonyl (C=O) groups is 1. The van der Waals surface area contributed by atoms with E-state index < -0.39 is 11.1 Å². The molecule has 0 saturated heterocycles. The molecule has 0 aliphatic carbocycles. The minimum atomic E-state index is -1.90. The van der Waals surface area contributed by atoms with Crippen molar-refractivity contribution >= 4 is 17.0 Å². The number of nitrogens with zero attached hydrogens (tertiary/aromatic N) is 2. The molecule has 1 N–H and O–H groups in total. The third-order valence-electron chi connectivity index (χ3n) is 2.44. The van der Waals surface area contributed by atoms with E-state index in [1.807, 2.05) is 25.9 Å². The zero-order valence-corrected chi connectivity index (χ0v) is 11.3. The molecule has 0 radical (unpaired) electrons. The average Bonchev–Trinajstić information content (AvgIpc) is 2.21. The smallest absolute Gasteiger partial charge is 0.226 e. The fraction of sp³-hybridized carbons (Fsp3) is 0.900. The monoisotopic (exact) mass is 250 g/mol. The highest BCUT2D eigenvalue weighted by molar-refractivity contribution is 7.79. The van der Waals surface area contributed by atoms with Gasteiger partial charge in [-0.3, -0.25) is 4.79 Å². The second-order valence-electron chi connectivity index (χ2n) is 4.16. The molecule has 5 nitrogen and oxygen atoms in total. The Morgan fingerprint density at radius 1 is 1.31 bits per heavy atom. The normalized spacial score (nSPS) is 14.9. The molecule has 0 saturated carbocycles. The first-order valence-corrected chi connectivity index (χ1v) is 6.63. The van der Waals surface area contributed by atoms with Gasteiger partial charge < -0.3 is 14.4 Å². The number of rotatable bonds is 7. The van der Waals surface area contributed by atoms with Crippen molar-refractivity contribution in [3.8, 4) is 0 Å². The summed E-state index contributed by atoms with van der Waals surface area (Å²) in [6.07, 6.45) is 0.595. The van der Waals surface area contributed by atoms with Crippen LogP contribution in [0.2, 0.25) is 0 Å². The van der Waals surface area contributed by atoms with Gasteiger partial charge in [0.1, 0.15) is 0 Å². The molecule has 1 amide bonds. The van der Waals surface area contributed by atoms with Gasteiger partial charge >= 0.3 is 0 Å². The van der Waals surface area contributed by atoms with Crippen LogP contribution in [0.4, 0.5) is 0 Å². The molecule has 0 bridgehead atoms. The van der Waals surface area contributed by atoms with Gasteiger partial charge in [0.25, 0.3) is 0 Å². The SMILES string of the molecule is CC[C@H](CS(=O)O)C(=O)N(C)CCN(C)C. The van der Waals surface area contributed by atoms with Crippen molar-refractivity contribution in [3.05, 3.63) is 0 Å². The summed E-state index contributed by atoms with van der Waals surface area (Å²) in [6.45, 7) is 3.29. The van der Waals surface area contributed by atoms with Crippen molar-refractivity contribution < 1.29 is 13.6 Å². The van der Waals surface area contributed by atoms with E-state index in [-0.39, 0.29) is 17.6 Å². The Balaban J connectivity index is 4.21. The standard InChI is InChI=1S/C10H22N2O3S/c1-5-9(8-16(14)15)10(13)12(4)7-6-11(2)3/h9H,5-8H2,1-4H3,(H,14,15)/t9-/m1/s1. The second kappa shape index (κ2) is 7.76. The highest BCUT2D eigenvalue weighted by Gasteiger charge is 2.22. The minimum absolute atomic E-state index is 0.0294. The van der Waals surface area contributed by atoms with Crippen molar-refractivity contribution in [3.63, 3.8) is 0 Å². The van der Waals surface area contributed by atoms with Crippen LogP contribution in [0.15, 0.2) is 0 Å². The van der Waals surface area contributed by atoms with Crippen molar-refractivity contribution in [2.24, 2.45) is 5.92 Å². The van der Waals surface area contributed by atoms with E-state index >= 15 is 0 Å². The van der Waals surface area contributed by atoms with E-state index in [0.717, 1.165) is 6.54 Å². The maximum Gasteiger partial charge on any atom is 0.226 e. The molecule has 0 aromatic heterocycles. The molecule has 0 aliphatic heterocycles. The summed E-state index contributed by atoms with van der Waals surface area (Å²) in [5.41, 5.74) is 0. The summed E-state index contributed by atoms with van der Waals surface area (Å²) in [4.78, 5) is 15.5. The fourth-order valence-electron chi connectivity index (χ4n) is 1.31. The Morgan fingerprint density at radius 3 is 2.25 bits per heavy atom. The number of carbonyl (C=O) groups excluding carboxylic acids is 1. The van der Waals surface area contributed by atoms with E-state index in [9.17, 15) is 9.00 Å². The average molecular weight is 250 g/mol. The van der Waals surface area contributed by atoms with Crippen molar-refractivity contribution in [1.82, 2.24) is 9.80 Å². The van der Waals surface area contributed by atoms with Crippen LogP contribution in [-0.2, 0) is 15.9 Å². The van der Waals surface area contributed by atoms with Crippen molar-refractivity contribution in [2.75, 3.05) is 40.0 Å². The quantitative estimate of drug-likeness (QED) is 0.658.